The number of benzene rings is 2. The van der Waals surface area contributed by atoms with Gasteiger partial charge in [0.1, 0.15) is 0 Å². The van der Waals surface area contributed by atoms with Gasteiger partial charge in [-0.25, -0.2) is 0 Å². The number of hydrogen-bond donors (Lipinski definition) is 1. The molecule has 0 fully saturated rings. The molecule has 0 aliphatic heterocycles. The van der Waals surface area contributed by atoms with E-state index in [0.29, 0.717) is 0 Å². The molecule has 2 aromatic carbocycles. The molecule has 0 unspecified atom stereocenters. The van der Waals surface area contributed by atoms with Gasteiger partial charge in [-0.3, -0.25) is 0 Å². The minimum Gasteiger partial charge on any atom is -0.385 e. The van der Waals surface area contributed by atoms with E-state index in [0.717, 1.165) is 6.54 Å². The van der Waals surface area contributed by atoms with Gasteiger partial charge in [-0.2, -0.15) is 0 Å². The lowest BCUT2D eigenvalue weighted by atomic mass is 10.1. The zero-order valence-electron chi connectivity index (χ0n) is 12.0. The van der Waals surface area contributed by atoms with Crippen molar-refractivity contribution in [3.8, 4) is 0 Å². The third-order valence-electron chi connectivity index (χ3n) is 3.61. The molecule has 0 radical (unpaired) electrons. The predicted octanol–water partition coefficient (Wildman–Crippen LogP) is 5.61. The summed E-state index contributed by atoms with van der Waals surface area (Å²) in [7, 11) is 0. The molecular formula is C18H25N. The van der Waals surface area contributed by atoms with Crippen LogP contribution in [0.1, 0.15) is 45.4 Å². The van der Waals surface area contributed by atoms with Crippen LogP contribution in [0.25, 0.3) is 10.8 Å². The molecule has 19 heavy (non-hydrogen) atoms. The highest BCUT2D eigenvalue weighted by molar-refractivity contribution is 5.85. The fourth-order valence-corrected chi connectivity index (χ4v) is 2.44. The van der Waals surface area contributed by atoms with Gasteiger partial charge in [-0.15, -0.1) is 0 Å². The molecular weight excluding hydrogens is 230 g/mol. The normalized spacial score (nSPS) is 10.8. The predicted molar refractivity (Wildman–Crippen MR) is 85.8 cm³/mol. The first-order valence-corrected chi connectivity index (χ1v) is 7.63. The number of nitrogens with one attached hydrogen (secondary N) is 1. The molecule has 0 aromatic heterocycles. The van der Waals surface area contributed by atoms with E-state index in [2.05, 4.69) is 54.7 Å². The van der Waals surface area contributed by atoms with Crippen LogP contribution < -0.4 is 5.32 Å². The molecule has 0 atom stereocenters. The van der Waals surface area contributed by atoms with Gasteiger partial charge in [-0.1, -0.05) is 69.4 Å². The highest BCUT2D eigenvalue weighted by Gasteiger charge is 1.95. The second kappa shape index (κ2) is 7.83. The highest BCUT2D eigenvalue weighted by atomic mass is 14.9. The monoisotopic (exact) mass is 255 g/mol. The van der Waals surface area contributed by atoms with Crippen LogP contribution in [0.5, 0.6) is 0 Å². The average molecular weight is 255 g/mol. The number of hydrogen-bond acceptors (Lipinski definition) is 1. The zero-order chi connectivity index (χ0) is 13.3. The summed E-state index contributed by atoms with van der Waals surface area (Å²) in [5.41, 5.74) is 1.24. The Morgan fingerprint density at radius 3 is 2.37 bits per heavy atom. The van der Waals surface area contributed by atoms with Crippen molar-refractivity contribution in [3.63, 3.8) is 0 Å². The van der Waals surface area contributed by atoms with Crippen molar-refractivity contribution >= 4 is 16.5 Å². The third kappa shape index (κ3) is 4.59. The van der Waals surface area contributed by atoms with Crippen molar-refractivity contribution in [2.24, 2.45) is 0 Å². The average Bonchev–Trinajstić information content (AvgIpc) is 2.46. The van der Waals surface area contributed by atoms with E-state index < -0.39 is 0 Å². The van der Waals surface area contributed by atoms with Crippen molar-refractivity contribution in [2.75, 3.05) is 11.9 Å². The van der Waals surface area contributed by atoms with Gasteiger partial charge in [0.25, 0.3) is 0 Å². The molecule has 102 valence electrons. The maximum Gasteiger partial charge on any atom is 0.0346 e. The molecule has 1 nitrogen and oxygen atoms in total. The topological polar surface area (TPSA) is 12.0 Å². The summed E-state index contributed by atoms with van der Waals surface area (Å²) < 4.78 is 0. The van der Waals surface area contributed by atoms with Crippen LogP contribution in [-0.2, 0) is 0 Å². The summed E-state index contributed by atoms with van der Waals surface area (Å²) in [5, 5.41) is 6.16. The van der Waals surface area contributed by atoms with Gasteiger partial charge >= 0.3 is 0 Å². The smallest absolute Gasteiger partial charge is 0.0346 e. The van der Waals surface area contributed by atoms with Gasteiger partial charge in [0.15, 0.2) is 0 Å². The number of rotatable bonds is 8. The maximum absolute atomic E-state index is 3.53. The summed E-state index contributed by atoms with van der Waals surface area (Å²) in [4.78, 5) is 0. The van der Waals surface area contributed by atoms with Crippen molar-refractivity contribution in [2.45, 2.75) is 45.4 Å². The molecule has 0 aliphatic rings. The first-order chi connectivity index (χ1) is 9.40. The Balaban J connectivity index is 1.72. The van der Waals surface area contributed by atoms with E-state index in [1.807, 2.05) is 0 Å². The third-order valence-corrected chi connectivity index (χ3v) is 3.61. The fourth-order valence-electron chi connectivity index (χ4n) is 2.44. The first-order valence-electron chi connectivity index (χ1n) is 7.63. The standard InChI is InChI=1S/C18H25N/c1-2-3-4-5-6-9-14-19-18-13-12-16-10-7-8-11-17(16)15-18/h7-8,10-13,15,19H,2-6,9,14H2,1H3. The van der Waals surface area contributed by atoms with Crippen molar-refractivity contribution in [1.82, 2.24) is 0 Å². The second-order valence-corrected chi connectivity index (χ2v) is 5.26. The molecule has 0 heterocycles. The van der Waals surface area contributed by atoms with Crippen molar-refractivity contribution in [1.29, 1.82) is 0 Å². The molecule has 1 N–H and O–H groups in total. The molecule has 1 heteroatoms. The van der Waals surface area contributed by atoms with E-state index in [1.54, 1.807) is 0 Å². The Hall–Kier alpha value is -1.50. The summed E-state index contributed by atoms with van der Waals surface area (Å²) >= 11 is 0. The summed E-state index contributed by atoms with van der Waals surface area (Å²) in [5.74, 6) is 0. The van der Waals surface area contributed by atoms with Crippen molar-refractivity contribution in [3.05, 3.63) is 42.5 Å². The van der Waals surface area contributed by atoms with E-state index >= 15 is 0 Å². The van der Waals surface area contributed by atoms with E-state index in [9.17, 15) is 0 Å². The molecule has 2 rings (SSSR count). The largest absolute Gasteiger partial charge is 0.385 e. The molecule has 0 bridgehead atoms. The SMILES string of the molecule is CCCCCCCCNc1ccc2ccccc2c1. The minimum atomic E-state index is 1.09. The first kappa shape index (κ1) is 13.9. The Bertz CT molecular complexity index is 490. The number of anilines is 1. The van der Waals surface area contributed by atoms with Crippen LogP contribution in [-0.4, -0.2) is 6.54 Å². The molecule has 0 saturated heterocycles. The lowest BCUT2D eigenvalue weighted by Gasteiger charge is -2.07. The number of fused-ring (bicyclic) bond motifs is 1. The van der Waals surface area contributed by atoms with Gasteiger partial charge in [0, 0.05) is 12.2 Å². The van der Waals surface area contributed by atoms with E-state index in [1.165, 1.54) is 55.0 Å². The van der Waals surface area contributed by atoms with Crippen LogP contribution in [0.4, 0.5) is 5.69 Å². The van der Waals surface area contributed by atoms with Gasteiger partial charge in [-0.05, 0) is 29.3 Å². The van der Waals surface area contributed by atoms with Crippen LogP contribution in [0.3, 0.4) is 0 Å². The maximum atomic E-state index is 3.53. The zero-order valence-corrected chi connectivity index (χ0v) is 12.0. The fraction of sp³-hybridized carbons (Fsp3) is 0.444. The van der Waals surface area contributed by atoms with Gasteiger partial charge in [0.2, 0.25) is 0 Å². The van der Waals surface area contributed by atoms with Crippen molar-refractivity contribution < 1.29 is 0 Å². The van der Waals surface area contributed by atoms with E-state index in [4.69, 9.17) is 0 Å². The Labute approximate surface area is 117 Å². The second-order valence-electron chi connectivity index (χ2n) is 5.26. The Kier molecular flexibility index (Phi) is 5.74. The highest BCUT2D eigenvalue weighted by Crippen LogP contribution is 2.18. The van der Waals surface area contributed by atoms with Gasteiger partial charge in [0.05, 0.1) is 0 Å². The van der Waals surface area contributed by atoms with Crippen LogP contribution in [0, 0.1) is 0 Å². The lowest BCUT2D eigenvalue weighted by molar-refractivity contribution is 0.617. The quantitative estimate of drug-likeness (QED) is 0.604. The summed E-state index contributed by atoms with van der Waals surface area (Å²) in [6, 6.07) is 15.1. The summed E-state index contributed by atoms with van der Waals surface area (Å²) in [6.07, 6.45) is 8.12. The van der Waals surface area contributed by atoms with E-state index in [-0.39, 0.29) is 0 Å². The molecule has 0 aliphatic carbocycles. The number of unbranched alkanes of at least 4 members (excludes halogenated alkanes) is 5. The Morgan fingerprint density at radius 1 is 0.789 bits per heavy atom. The molecule has 0 amide bonds. The van der Waals surface area contributed by atoms with Crippen LogP contribution >= 0.6 is 0 Å². The molecule has 2 aromatic rings. The molecule has 0 saturated carbocycles. The summed E-state index contributed by atoms with van der Waals surface area (Å²) in [6.45, 7) is 3.35. The minimum absolute atomic E-state index is 1.09. The Morgan fingerprint density at radius 2 is 1.53 bits per heavy atom. The van der Waals surface area contributed by atoms with Crippen LogP contribution in [0.2, 0.25) is 0 Å². The lowest BCUT2D eigenvalue weighted by Crippen LogP contribution is -2.01. The molecule has 0 spiro atoms. The van der Waals surface area contributed by atoms with Gasteiger partial charge < -0.3 is 5.32 Å². The van der Waals surface area contributed by atoms with Crippen LogP contribution in [0.15, 0.2) is 42.5 Å².